The zero-order valence-corrected chi connectivity index (χ0v) is 15.4. The van der Waals surface area contributed by atoms with E-state index in [0.717, 1.165) is 12.1 Å². The van der Waals surface area contributed by atoms with Crippen LogP contribution in [0.25, 0.3) is 5.82 Å². The highest BCUT2D eigenvalue weighted by Gasteiger charge is 2.31. The third kappa shape index (κ3) is 4.62. The van der Waals surface area contributed by atoms with E-state index in [1.807, 2.05) is 6.92 Å². The first-order valence-corrected chi connectivity index (χ1v) is 8.45. The lowest BCUT2D eigenvalue weighted by atomic mass is 10.1. The quantitative estimate of drug-likeness (QED) is 0.639. The van der Waals surface area contributed by atoms with Gasteiger partial charge in [-0.2, -0.15) is 9.78 Å². The molecule has 0 saturated heterocycles. The third-order valence-electron chi connectivity index (χ3n) is 3.90. The summed E-state index contributed by atoms with van der Waals surface area (Å²) in [7, 11) is 0. The molecule has 0 fully saturated rings. The first kappa shape index (κ1) is 20.1. The van der Waals surface area contributed by atoms with E-state index in [1.54, 1.807) is 13.0 Å². The topological polar surface area (TPSA) is 102 Å². The molecule has 0 saturated carbocycles. The van der Waals surface area contributed by atoms with Crippen molar-refractivity contribution in [1.82, 2.24) is 19.7 Å². The van der Waals surface area contributed by atoms with Gasteiger partial charge in [-0.1, -0.05) is 6.92 Å². The first-order chi connectivity index (χ1) is 13.7. The number of aromatic carboxylic acids is 1. The van der Waals surface area contributed by atoms with Crippen molar-refractivity contribution in [3.8, 4) is 11.6 Å². The molecule has 152 valence electrons. The molecule has 3 rings (SSSR count). The average Bonchev–Trinajstić information content (AvgIpc) is 3.04. The standard InChI is InChI=1S/C18H16F3N5O3/c1-3-11-8-15(26(25-11)16-10(2)22-6-7-23-16)24-14-5-4-12(29-18(19,20)21)9-13(14)17(27)28/h4-9,24H,3H2,1-2H3,(H,27,28). The Morgan fingerprint density at radius 3 is 2.59 bits per heavy atom. The number of hydrogen-bond acceptors (Lipinski definition) is 6. The van der Waals surface area contributed by atoms with E-state index in [-0.39, 0.29) is 5.69 Å². The summed E-state index contributed by atoms with van der Waals surface area (Å²) in [6.07, 6.45) is -1.31. The van der Waals surface area contributed by atoms with Crippen LogP contribution in [0.2, 0.25) is 0 Å². The molecule has 2 heterocycles. The van der Waals surface area contributed by atoms with Gasteiger partial charge in [-0.05, 0) is 31.5 Å². The summed E-state index contributed by atoms with van der Waals surface area (Å²) < 4.78 is 42.6. The van der Waals surface area contributed by atoms with E-state index in [2.05, 4.69) is 25.1 Å². The van der Waals surface area contributed by atoms with E-state index in [4.69, 9.17) is 0 Å². The van der Waals surface area contributed by atoms with Crippen LogP contribution in [0.15, 0.2) is 36.7 Å². The number of carboxylic acid groups (broad SMARTS) is 1. The van der Waals surface area contributed by atoms with Crippen molar-refractivity contribution in [2.75, 3.05) is 5.32 Å². The monoisotopic (exact) mass is 407 g/mol. The van der Waals surface area contributed by atoms with Gasteiger partial charge in [0.2, 0.25) is 0 Å². The van der Waals surface area contributed by atoms with E-state index in [1.165, 1.54) is 23.1 Å². The summed E-state index contributed by atoms with van der Waals surface area (Å²) in [5.74, 6) is -1.23. The van der Waals surface area contributed by atoms with Crippen molar-refractivity contribution in [1.29, 1.82) is 0 Å². The van der Waals surface area contributed by atoms with Gasteiger partial charge >= 0.3 is 12.3 Å². The van der Waals surface area contributed by atoms with Crippen LogP contribution in [0.3, 0.4) is 0 Å². The fourth-order valence-electron chi connectivity index (χ4n) is 2.61. The molecule has 8 nitrogen and oxygen atoms in total. The lowest BCUT2D eigenvalue weighted by molar-refractivity contribution is -0.274. The smallest absolute Gasteiger partial charge is 0.478 e. The highest BCUT2D eigenvalue weighted by molar-refractivity contribution is 5.95. The Bertz CT molecular complexity index is 1050. The normalized spacial score (nSPS) is 11.3. The predicted octanol–water partition coefficient (Wildman–Crippen LogP) is 3.87. The minimum Gasteiger partial charge on any atom is -0.478 e. The maximum atomic E-state index is 12.4. The molecule has 3 aromatic rings. The molecular formula is C18H16F3N5O3. The van der Waals surface area contributed by atoms with Crippen molar-refractivity contribution in [3.05, 3.63) is 53.6 Å². The second-order valence-corrected chi connectivity index (χ2v) is 5.94. The number of aromatic nitrogens is 4. The number of ether oxygens (including phenoxy) is 1. The summed E-state index contributed by atoms with van der Waals surface area (Å²) in [5.41, 5.74) is 0.964. The number of rotatable bonds is 6. The summed E-state index contributed by atoms with van der Waals surface area (Å²) in [5, 5.41) is 16.8. The predicted molar refractivity (Wildman–Crippen MR) is 96.6 cm³/mol. The second kappa shape index (κ2) is 7.78. The summed E-state index contributed by atoms with van der Waals surface area (Å²) in [6.45, 7) is 3.64. The van der Waals surface area contributed by atoms with Gasteiger partial charge in [0.15, 0.2) is 5.82 Å². The largest absolute Gasteiger partial charge is 0.573 e. The second-order valence-electron chi connectivity index (χ2n) is 5.94. The Labute approximate surface area is 163 Å². The zero-order chi connectivity index (χ0) is 21.2. The molecule has 0 bridgehead atoms. The number of anilines is 2. The summed E-state index contributed by atoms with van der Waals surface area (Å²) in [4.78, 5) is 20.0. The third-order valence-corrected chi connectivity index (χ3v) is 3.90. The average molecular weight is 407 g/mol. The Morgan fingerprint density at radius 1 is 1.24 bits per heavy atom. The molecule has 11 heteroatoms. The van der Waals surface area contributed by atoms with Gasteiger partial charge in [0.25, 0.3) is 0 Å². The molecule has 2 aromatic heterocycles. The van der Waals surface area contributed by atoms with Crippen LogP contribution in [-0.4, -0.2) is 37.2 Å². The molecule has 0 aliphatic carbocycles. The van der Waals surface area contributed by atoms with Gasteiger partial charge in [0, 0.05) is 18.5 Å². The molecular weight excluding hydrogens is 391 g/mol. The lowest BCUT2D eigenvalue weighted by Crippen LogP contribution is -2.17. The van der Waals surface area contributed by atoms with Crippen LogP contribution in [0.5, 0.6) is 5.75 Å². The summed E-state index contributed by atoms with van der Waals surface area (Å²) in [6, 6.07) is 4.71. The van der Waals surface area contributed by atoms with Crippen molar-refractivity contribution in [3.63, 3.8) is 0 Å². The minimum absolute atomic E-state index is 0.0670. The molecule has 0 aliphatic rings. The van der Waals surface area contributed by atoms with Crippen LogP contribution in [0, 0.1) is 6.92 Å². The van der Waals surface area contributed by atoms with Crippen LogP contribution >= 0.6 is 0 Å². The van der Waals surface area contributed by atoms with Gasteiger partial charge < -0.3 is 15.2 Å². The zero-order valence-electron chi connectivity index (χ0n) is 15.4. The minimum atomic E-state index is -4.93. The number of alkyl halides is 3. The van der Waals surface area contributed by atoms with Gasteiger partial charge in [-0.3, -0.25) is 4.98 Å². The van der Waals surface area contributed by atoms with Crippen LogP contribution in [0.4, 0.5) is 24.7 Å². The number of carboxylic acids is 1. The summed E-state index contributed by atoms with van der Waals surface area (Å²) >= 11 is 0. The molecule has 0 aliphatic heterocycles. The molecule has 0 unspecified atom stereocenters. The van der Waals surface area contributed by atoms with Gasteiger partial charge in [-0.15, -0.1) is 13.2 Å². The maximum absolute atomic E-state index is 12.4. The molecule has 29 heavy (non-hydrogen) atoms. The van der Waals surface area contributed by atoms with Gasteiger partial charge in [0.05, 0.1) is 22.6 Å². The number of aryl methyl sites for hydroxylation is 2. The number of nitrogens with one attached hydrogen (secondary N) is 1. The molecule has 1 aromatic carbocycles. The fraction of sp³-hybridized carbons (Fsp3) is 0.222. The first-order valence-electron chi connectivity index (χ1n) is 8.45. The Balaban J connectivity index is 2.03. The number of hydrogen-bond donors (Lipinski definition) is 2. The molecule has 0 atom stereocenters. The van der Waals surface area contributed by atoms with Crippen molar-refractivity contribution >= 4 is 17.5 Å². The van der Waals surface area contributed by atoms with E-state index in [0.29, 0.717) is 29.4 Å². The number of carbonyl (C=O) groups is 1. The van der Waals surface area contributed by atoms with Crippen molar-refractivity contribution in [2.24, 2.45) is 0 Å². The van der Waals surface area contributed by atoms with Crippen molar-refractivity contribution < 1.29 is 27.8 Å². The van der Waals surface area contributed by atoms with E-state index in [9.17, 15) is 23.1 Å². The Morgan fingerprint density at radius 2 is 1.97 bits per heavy atom. The number of nitrogens with zero attached hydrogens (tertiary/aromatic N) is 4. The number of benzene rings is 1. The van der Waals surface area contributed by atoms with Crippen LogP contribution in [-0.2, 0) is 6.42 Å². The van der Waals surface area contributed by atoms with Crippen LogP contribution in [0.1, 0.15) is 28.7 Å². The SMILES string of the molecule is CCc1cc(Nc2ccc(OC(F)(F)F)cc2C(=O)O)n(-c2nccnc2C)n1. The van der Waals surface area contributed by atoms with E-state index >= 15 is 0 Å². The molecule has 0 amide bonds. The molecule has 0 spiro atoms. The fourth-order valence-corrected chi connectivity index (χ4v) is 2.61. The maximum Gasteiger partial charge on any atom is 0.573 e. The van der Waals surface area contributed by atoms with Crippen LogP contribution < -0.4 is 10.1 Å². The molecule has 0 radical (unpaired) electrons. The highest BCUT2D eigenvalue weighted by Crippen LogP contribution is 2.30. The Kier molecular flexibility index (Phi) is 5.39. The lowest BCUT2D eigenvalue weighted by Gasteiger charge is -2.14. The van der Waals surface area contributed by atoms with Gasteiger partial charge in [0.1, 0.15) is 11.6 Å². The Hall–Kier alpha value is -3.63. The van der Waals surface area contributed by atoms with Gasteiger partial charge in [-0.25, -0.2) is 9.78 Å². The van der Waals surface area contributed by atoms with Crippen molar-refractivity contribution in [2.45, 2.75) is 26.6 Å². The molecule has 2 N–H and O–H groups in total. The van der Waals surface area contributed by atoms with E-state index < -0.39 is 23.6 Å². The highest BCUT2D eigenvalue weighted by atomic mass is 19.4. The number of halogens is 3.